The van der Waals surface area contributed by atoms with Crippen LogP contribution in [0.3, 0.4) is 0 Å². The molecule has 1 aromatic carbocycles. The Bertz CT molecular complexity index is 845. The van der Waals surface area contributed by atoms with Crippen molar-refractivity contribution in [1.29, 1.82) is 0 Å². The van der Waals surface area contributed by atoms with Gasteiger partial charge in [-0.2, -0.15) is 0 Å². The lowest BCUT2D eigenvalue weighted by Gasteiger charge is -2.07. The summed E-state index contributed by atoms with van der Waals surface area (Å²) in [5.74, 6) is -1.21. The van der Waals surface area contributed by atoms with Gasteiger partial charge in [0.05, 0.1) is 17.4 Å². The predicted molar refractivity (Wildman–Crippen MR) is 70.5 cm³/mol. The molecule has 10 heteroatoms. The summed E-state index contributed by atoms with van der Waals surface area (Å²) in [5, 5.41) is 4.84. The van der Waals surface area contributed by atoms with Crippen LogP contribution in [0.2, 0.25) is 0 Å². The van der Waals surface area contributed by atoms with Crippen LogP contribution in [0.1, 0.15) is 5.56 Å². The Balaban J connectivity index is 2.28. The first-order valence-corrected chi connectivity index (χ1v) is 8.56. The van der Waals surface area contributed by atoms with Gasteiger partial charge in [0, 0.05) is 12.1 Å². The zero-order valence-corrected chi connectivity index (χ0v) is 12.1. The van der Waals surface area contributed by atoms with Gasteiger partial charge in [-0.15, -0.1) is 0 Å². The van der Waals surface area contributed by atoms with E-state index in [0.717, 1.165) is 12.1 Å². The fourth-order valence-corrected chi connectivity index (χ4v) is 3.13. The molecule has 0 radical (unpaired) electrons. The number of nitrogens with two attached hydrogens (primary N) is 1. The molecule has 0 bridgehead atoms. The normalized spacial score (nSPS) is 12.5. The van der Waals surface area contributed by atoms with E-state index in [0.29, 0.717) is 11.6 Å². The molecular formula is C11H11FN2O5S2. The molecule has 2 rings (SSSR count). The molecule has 2 aromatic rings. The fourth-order valence-electron chi connectivity index (χ4n) is 1.53. The highest BCUT2D eigenvalue weighted by Crippen LogP contribution is 2.18. The van der Waals surface area contributed by atoms with E-state index >= 15 is 0 Å². The standard InChI is InChI=1S/C11H11FN2O5S2/c12-10-5-9(20(13,15)16)1-2-11(10)21(17,18)14-6-8-3-4-19-7-8/h1-5,7,14H,6H2,(H2,13,15,16). The first kappa shape index (κ1) is 15.6. The Morgan fingerprint density at radius 1 is 1.19 bits per heavy atom. The molecule has 21 heavy (non-hydrogen) atoms. The molecule has 0 spiro atoms. The molecule has 1 aromatic heterocycles. The Kier molecular flexibility index (Phi) is 4.14. The van der Waals surface area contributed by atoms with Gasteiger partial charge in [0.2, 0.25) is 20.0 Å². The highest BCUT2D eigenvalue weighted by Gasteiger charge is 2.21. The molecule has 0 atom stereocenters. The van der Waals surface area contributed by atoms with E-state index in [9.17, 15) is 21.2 Å². The summed E-state index contributed by atoms with van der Waals surface area (Å²) in [4.78, 5) is -1.17. The minimum absolute atomic E-state index is 0.0881. The van der Waals surface area contributed by atoms with E-state index in [2.05, 4.69) is 4.72 Å². The summed E-state index contributed by atoms with van der Waals surface area (Å²) in [6.07, 6.45) is 2.70. The predicted octanol–water partition coefficient (Wildman–Crippen LogP) is 0.545. The topological polar surface area (TPSA) is 119 Å². The number of hydrogen-bond acceptors (Lipinski definition) is 5. The van der Waals surface area contributed by atoms with Gasteiger partial charge in [0.15, 0.2) is 0 Å². The summed E-state index contributed by atoms with van der Waals surface area (Å²) in [5.41, 5.74) is 0.556. The maximum absolute atomic E-state index is 13.8. The molecule has 3 N–H and O–H groups in total. The second-order valence-corrected chi connectivity index (χ2v) is 7.39. The molecule has 7 nitrogen and oxygen atoms in total. The van der Waals surface area contributed by atoms with Gasteiger partial charge >= 0.3 is 0 Å². The van der Waals surface area contributed by atoms with Crippen LogP contribution < -0.4 is 9.86 Å². The summed E-state index contributed by atoms with van der Waals surface area (Å²) in [7, 11) is -8.23. The van der Waals surface area contributed by atoms with Crippen LogP contribution in [0.15, 0.2) is 51.0 Å². The first-order valence-electron chi connectivity index (χ1n) is 5.53. The van der Waals surface area contributed by atoms with Gasteiger partial charge in [-0.05, 0) is 24.3 Å². The fraction of sp³-hybridized carbons (Fsp3) is 0.0909. The third kappa shape index (κ3) is 3.67. The van der Waals surface area contributed by atoms with Crippen LogP contribution in [0.4, 0.5) is 4.39 Å². The Hall–Kier alpha value is -1.75. The molecule has 0 aliphatic carbocycles. The van der Waals surface area contributed by atoms with Crippen LogP contribution in [0.5, 0.6) is 0 Å². The van der Waals surface area contributed by atoms with Crippen molar-refractivity contribution in [3.8, 4) is 0 Å². The van der Waals surface area contributed by atoms with Gasteiger partial charge in [0.25, 0.3) is 0 Å². The van der Waals surface area contributed by atoms with Crippen LogP contribution in [0.25, 0.3) is 0 Å². The number of rotatable bonds is 5. The summed E-state index contributed by atoms with van der Waals surface area (Å²) >= 11 is 0. The average molecular weight is 334 g/mol. The van der Waals surface area contributed by atoms with E-state index < -0.39 is 35.7 Å². The van der Waals surface area contributed by atoms with Crippen molar-refractivity contribution in [2.45, 2.75) is 16.3 Å². The molecule has 0 fully saturated rings. The van der Waals surface area contributed by atoms with Crippen molar-refractivity contribution in [2.75, 3.05) is 0 Å². The number of sulfonamides is 2. The van der Waals surface area contributed by atoms with Gasteiger partial charge < -0.3 is 4.42 Å². The molecule has 1 heterocycles. The minimum Gasteiger partial charge on any atom is -0.472 e. The lowest BCUT2D eigenvalue weighted by molar-refractivity contribution is 0.550. The van der Waals surface area contributed by atoms with Crippen molar-refractivity contribution >= 4 is 20.0 Å². The van der Waals surface area contributed by atoms with Gasteiger partial charge in [0.1, 0.15) is 10.7 Å². The molecule has 114 valence electrons. The van der Waals surface area contributed by atoms with E-state index in [1.54, 1.807) is 6.07 Å². The second kappa shape index (κ2) is 5.56. The zero-order chi connectivity index (χ0) is 15.7. The molecule has 0 unspecified atom stereocenters. The summed E-state index contributed by atoms with van der Waals surface area (Å²) < 4.78 is 66.7. The summed E-state index contributed by atoms with van der Waals surface area (Å²) in [6.45, 7) is -0.0881. The highest BCUT2D eigenvalue weighted by atomic mass is 32.2. The van der Waals surface area contributed by atoms with Gasteiger partial charge in [-0.1, -0.05) is 0 Å². The van der Waals surface area contributed by atoms with Crippen LogP contribution >= 0.6 is 0 Å². The first-order chi connectivity index (χ1) is 9.70. The number of halogens is 1. The van der Waals surface area contributed by atoms with Gasteiger partial charge in [-0.25, -0.2) is 31.1 Å². The Labute approximate surface area is 120 Å². The van der Waals surface area contributed by atoms with Crippen LogP contribution in [0, 0.1) is 5.82 Å². The van der Waals surface area contributed by atoms with E-state index in [1.807, 2.05) is 0 Å². The largest absolute Gasteiger partial charge is 0.472 e. The number of benzene rings is 1. The highest BCUT2D eigenvalue weighted by molar-refractivity contribution is 7.89. The van der Waals surface area contributed by atoms with Crippen molar-refractivity contribution in [2.24, 2.45) is 5.14 Å². The van der Waals surface area contributed by atoms with Crippen LogP contribution in [-0.4, -0.2) is 16.8 Å². The van der Waals surface area contributed by atoms with E-state index in [1.165, 1.54) is 12.5 Å². The molecule has 0 saturated carbocycles. The third-order valence-electron chi connectivity index (χ3n) is 2.57. The van der Waals surface area contributed by atoms with Crippen molar-refractivity contribution in [1.82, 2.24) is 4.72 Å². The van der Waals surface area contributed by atoms with E-state index in [4.69, 9.17) is 9.56 Å². The maximum atomic E-state index is 13.8. The van der Waals surface area contributed by atoms with Crippen LogP contribution in [-0.2, 0) is 26.6 Å². The Morgan fingerprint density at radius 2 is 1.90 bits per heavy atom. The SMILES string of the molecule is NS(=O)(=O)c1ccc(S(=O)(=O)NCc2ccoc2)c(F)c1. The van der Waals surface area contributed by atoms with Gasteiger partial charge in [-0.3, -0.25) is 0 Å². The summed E-state index contributed by atoms with van der Waals surface area (Å²) in [6, 6.07) is 3.86. The van der Waals surface area contributed by atoms with E-state index in [-0.39, 0.29) is 6.54 Å². The minimum atomic E-state index is -4.13. The molecular weight excluding hydrogens is 323 g/mol. The third-order valence-corrected chi connectivity index (χ3v) is 4.91. The Morgan fingerprint density at radius 3 is 2.43 bits per heavy atom. The maximum Gasteiger partial charge on any atom is 0.243 e. The monoisotopic (exact) mass is 334 g/mol. The lowest BCUT2D eigenvalue weighted by atomic mass is 10.3. The molecule has 0 aliphatic rings. The zero-order valence-electron chi connectivity index (χ0n) is 10.5. The molecule has 0 aliphatic heterocycles. The number of furan rings is 1. The van der Waals surface area contributed by atoms with Crippen molar-refractivity contribution in [3.05, 3.63) is 48.2 Å². The van der Waals surface area contributed by atoms with Crippen molar-refractivity contribution < 1.29 is 25.6 Å². The molecule has 0 amide bonds. The number of primary sulfonamides is 1. The van der Waals surface area contributed by atoms with Crippen molar-refractivity contribution in [3.63, 3.8) is 0 Å². The molecule has 0 saturated heterocycles. The number of hydrogen-bond donors (Lipinski definition) is 2. The average Bonchev–Trinajstić information content (AvgIpc) is 2.88. The smallest absolute Gasteiger partial charge is 0.243 e. The second-order valence-electron chi connectivity index (χ2n) is 4.09. The lowest BCUT2D eigenvalue weighted by Crippen LogP contribution is -2.24. The quantitative estimate of drug-likeness (QED) is 0.827. The number of nitrogens with one attached hydrogen (secondary N) is 1.